The third-order valence-electron chi connectivity index (χ3n) is 6.20. The smallest absolute Gasteiger partial charge is 0.253 e. The first-order chi connectivity index (χ1) is 17.4. The van der Waals surface area contributed by atoms with Gasteiger partial charge in [-0.3, -0.25) is 9.79 Å². The second-order valence-corrected chi connectivity index (χ2v) is 8.75. The molecule has 1 heterocycles. The van der Waals surface area contributed by atoms with Crippen LogP contribution in [0.5, 0.6) is 11.5 Å². The highest BCUT2D eigenvalue weighted by atomic mass is 19.1. The molecule has 36 heavy (non-hydrogen) atoms. The van der Waals surface area contributed by atoms with Crippen LogP contribution in [0.4, 0.5) is 10.1 Å². The maximum atomic E-state index is 13.8. The molecule has 0 fully saturated rings. The number of nitrogens with two attached hydrogens (primary N) is 1. The Morgan fingerprint density at radius 3 is 2.36 bits per heavy atom. The Bertz CT molecular complexity index is 1280. The number of carbonyl (C=O) groups excluding carboxylic acids is 1. The van der Waals surface area contributed by atoms with Crippen LogP contribution in [0.25, 0.3) is 11.1 Å². The summed E-state index contributed by atoms with van der Waals surface area (Å²) >= 11 is 0. The summed E-state index contributed by atoms with van der Waals surface area (Å²) in [4.78, 5) is 17.8. The molecule has 0 aliphatic carbocycles. The van der Waals surface area contributed by atoms with Crippen molar-refractivity contribution in [1.82, 2.24) is 10.6 Å². The number of halogens is 1. The maximum absolute atomic E-state index is 13.8. The van der Waals surface area contributed by atoms with Crippen molar-refractivity contribution in [2.75, 3.05) is 26.5 Å². The molecule has 0 atom stereocenters. The largest absolute Gasteiger partial charge is 0.497 e. The normalized spacial score (nSPS) is 12.7. The van der Waals surface area contributed by atoms with Gasteiger partial charge >= 0.3 is 0 Å². The second kappa shape index (κ2) is 11.1. The molecule has 1 aliphatic heterocycles. The highest BCUT2D eigenvalue weighted by molar-refractivity contribution is 6.03. The van der Waals surface area contributed by atoms with Gasteiger partial charge in [-0.25, -0.2) is 4.39 Å². The fraction of sp³-hybridized carbons (Fsp3) is 0.286. The minimum absolute atomic E-state index is 0.260. The molecule has 3 aromatic carbocycles. The van der Waals surface area contributed by atoms with E-state index in [1.54, 1.807) is 32.4 Å². The lowest BCUT2D eigenvalue weighted by Crippen LogP contribution is -2.25. The van der Waals surface area contributed by atoms with E-state index in [0.717, 1.165) is 47.5 Å². The summed E-state index contributed by atoms with van der Waals surface area (Å²) in [5.41, 5.74) is 11.1. The fourth-order valence-corrected chi connectivity index (χ4v) is 4.29. The molecule has 1 aliphatic rings. The van der Waals surface area contributed by atoms with Crippen LogP contribution in [0.1, 0.15) is 39.9 Å². The number of methoxy groups -OCH3 is 2. The van der Waals surface area contributed by atoms with E-state index in [-0.39, 0.29) is 18.3 Å². The van der Waals surface area contributed by atoms with Gasteiger partial charge in [0.15, 0.2) is 0 Å². The topological polar surface area (TPSA) is 98.0 Å². The lowest BCUT2D eigenvalue weighted by atomic mass is 9.93. The van der Waals surface area contributed by atoms with Crippen LogP contribution in [0.3, 0.4) is 0 Å². The molecule has 0 unspecified atom stereocenters. The number of anilines is 1. The van der Waals surface area contributed by atoms with Crippen molar-refractivity contribution in [2.45, 2.75) is 32.9 Å². The summed E-state index contributed by atoms with van der Waals surface area (Å²) in [5.74, 6) is 1.60. The second-order valence-electron chi connectivity index (χ2n) is 8.75. The van der Waals surface area contributed by atoms with Crippen LogP contribution in [-0.2, 0) is 13.1 Å². The monoisotopic (exact) mass is 490 g/mol. The molecule has 0 spiro atoms. The fourth-order valence-electron chi connectivity index (χ4n) is 4.29. The zero-order valence-corrected chi connectivity index (χ0v) is 20.8. The SMILES string of the molecule is COc1cc(CNC(=O)c2cc(CNC3=NCCC3)cc(-c3ccc(F)cc3C)c2N)cc(OC)c1. The Labute approximate surface area is 210 Å². The first-order valence-electron chi connectivity index (χ1n) is 11.8. The molecule has 4 N–H and O–H groups in total. The molecule has 0 saturated heterocycles. The molecular formula is C28H31FN4O3. The van der Waals surface area contributed by atoms with E-state index in [4.69, 9.17) is 15.2 Å². The Hall–Kier alpha value is -4.07. The van der Waals surface area contributed by atoms with E-state index < -0.39 is 0 Å². The highest BCUT2D eigenvalue weighted by Gasteiger charge is 2.18. The van der Waals surface area contributed by atoms with Gasteiger partial charge in [0.25, 0.3) is 5.91 Å². The number of hydrogen-bond donors (Lipinski definition) is 3. The Morgan fingerprint density at radius 2 is 1.72 bits per heavy atom. The van der Waals surface area contributed by atoms with Crippen LogP contribution in [-0.4, -0.2) is 32.5 Å². The van der Waals surface area contributed by atoms with Crippen LogP contribution >= 0.6 is 0 Å². The van der Waals surface area contributed by atoms with Gasteiger partial charge in [0.1, 0.15) is 17.3 Å². The standard InChI is InChI=1S/C28H31FN4O3/c1-17-9-20(29)6-7-23(17)24-12-19(15-32-26-5-4-8-31-26)13-25(27(24)30)28(34)33-16-18-10-21(35-2)14-22(11-18)36-3/h6-7,9-14H,4-5,8,15-16,30H2,1-3H3,(H,31,32)(H,33,34). The molecule has 188 valence electrons. The quantitative estimate of drug-likeness (QED) is 0.401. The minimum atomic E-state index is -0.321. The van der Waals surface area contributed by atoms with Gasteiger partial charge in [-0.2, -0.15) is 0 Å². The Morgan fingerprint density at radius 1 is 1.00 bits per heavy atom. The van der Waals surface area contributed by atoms with Crippen molar-refractivity contribution in [1.29, 1.82) is 0 Å². The van der Waals surface area contributed by atoms with Crippen molar-refractivity contribution in [3.05, 3.63) is 76.6 Å². The molecule has 1 amide bonds. The average Bonchev–Trinajstić information content (AvgIpc) is 3.40. The van der Waals surface area contributed by atoms with Crippen molar-refractivity contribution in [3.8, 4) is 22.6 Å². The molecule has 0 saturated carbocycles. The van der Waals surface area contributed by atoms with E-state index in [0.29, 0.717) is 34.9 Å². The molecule has 4 rings (SSSR count). The average molecular weight is 491 g/mol. The number of amides is 1. The van der Waals surface area contributed by atoms with Crippen LogP contribution in [0, 0.1) is 12.7 Å². The zero-order chi connectivity index (χ0) is 25.7. The molecule has 8 heteroatoms. The van der Waals surface area contributed by atoms with Gasteiger partial charge in [-0.15, -0.1) is 0 Å². The lowest BCUT2D eigenvalue weighted by Gasteiger charge is -2.17. The molecule has 0 bridgehead atoms. The van der Waals surface area contributed by atoms with Gasteiger partial charge in [-0.1, -0.05) is 6.07 Å². The Kier molecular flexibility index (Phi) is 7.73. The van der Waals surface area contributed by atoms with Gasteiger partial charge in [0.2, 0.25) is 0 Å². The number of rotatable bonds is 8. The summed E-state index contributed by atoms with van der Waals surface area (Å²) in [6.07, 6.45) is 1.95. The van der Waals surface area contributed by atoms with Gasteiger partial charge < -0.3 is 25.8 Å². The Balaban J connectivity index is 1.64. The number of aliphatic imine (C=N–C) groups is 1. The molecule has 0 radical (unpaired) electrons. The number of benzene rings is 3. The van der Waals surface area contributed by atoms with Crippen molar-refractivity contribution in [3.63, 3.8) is 0 Å². The van der Waals surface area contributed by atoms with E-state index in [1.807, 2.05) is 25.1 Å². The lowest BCUT2D eigenvalue weighted by molar-refractivity contribution is 0.0951. The number of hydrogen-bond acceptors (Lipinski definition) is 6. The predicted octanol–water partition coefficient (Wildman–Crippen LogP) is 4.61. The van der Waals surface area contributed by atoms with Gasteiger partial charge in [-0.05, 0) is 72.0 Å². The van der Waals surface area contributed by atoms with Crippen molar-refractivity contribution >= 4 is 17.4 Å². The van der Waals surface area contributed by atoms with Crippen LogP contribution in [0.15, 0.2) is 53.5 Å². The number of aryl methyl sites for hydroxylation is 1. The molecule has 7 nitrogen and oxygen atoms in total. The molecule has 3 aromatic rings. The summed E-state index contributed by atoms with van der Waals surface area (Å²) in [5, 5.41) is 6.31. The van der Waals surface area contributed by atoms with E-state index in [1.165, 1.54) is 12.1 Å². The zero-order valence-electron chi connectivity index (χ0n) is 20.8. The molecule has 0 aromatic heterocycles. The number of carbonyl (C=O) groups is 1. The van der Waals surface area contributed by atoms with Crippen LogP contribution in [0.2, 0.25) is 0 Å². The predicted molar refractivity (Wildman–Crippen MR) is 140 cm³/mol. The van der Waals surface area contributed by atoms with E-state index >= 15 is 0 Å². The number of amidine groups is 1. The molecular weight excluding hydrogens is 459 g/mol. The highest BCUT2D eigenvalue weighted by Crippen LogP contribution is 2.33. The third kappa shape index (κ3) is 5.76. The number of nitrogen functional groups attached to an aromatic ring is 1. The summed E-state index contributed by atoms with van der Waals surface area (Å²) < 4.78 is 24.4. The number of nitrogens with one attached hydrogen (secondary N) is 2. The minimum Gasteiger partial charge on any atom is -0.497 e. The third-order valence-corrected chi connectivity index (χ3v) is 6.20. The van der Waals surface area contributed by atoms with E-state index in [9.17, 15) is 9.18 Å². The van der Waals surface area contributed by atoms with Crippen LogP contribution < -0.4 is 25.8 Å². The maximum Gasteiger partial charge on any atom is 0.253 e. The van der Waals surface area contributed by atoms with E-state index in [2.05, 4.69) is 15.6 Å². The number of nitrogens with zero attached hydrogens (tertiary/aromatic N) is 1. The van der Waals surface area contributed by atoms with Gasteiger partial charge in [0, 0.05) is 37.7 Å². The first-order valence-corrected chi connectivity index (χ1v) is 11.8. The number of ether oxygens (including phenoxy) is 2. The van der Waals surface area contributed by atoms with Gasteiger partial charge in [0.05, 0.1) is 31.3 Å². The summed E-state index contributed by atoms with van der Waals surface area (Å²) in [6.45, 7) is 3.41. The first kappa shape index (κ1) is 25.0. The van der Waals surface area contributed by atoms with Crippen molar-refractivity contribution < 1.29 is 18.7 Å². The van der Waals surface area contributed by atoms with Crippen molar-refractivity contribution in [2.24, 2.45) is 4.99 Å². The summed E-state index contributed by atoms with van der Waals surface area (Å²) in [7, 11) is 3.15. The summed E-state index contributed by atoms with van der Waals surface area (Å²) in [6, 6.07) is 13.7.